The van der Waals surface area contributed by atoms with Crippen LogP contribution in [0.3, 0.4) is 0 Å². The first-order chi connectivity index (χ1) is 11.6. The van der Waals surface area contributed by atoms with Gasteiger partial charge in [0.1, 0.15) is 0 Å². The van der Waals surface area contributed by atoms with E-state index in [1.165, 1.54) is 12.1 Å². The van der Waals surface area contributed by atoms with E-state index in [2.05, 4.69) is 0 Å². The van der Waals surface area contributed by atoms with Crippen LogP contribution in [-0.2, 0) is 21.8 Å². The number of benzene rings is 2. The van der Waals surface area contributed by atoms with Crippen LogP contribution in [-0.4, -0.2) is 18.8 Å². The van der Waals surface area contributed by atoms with E-state index in [1.807, 2.05) is 45.0 Å². The third-order valence-corrected chi connectivity index (χ3v) is 4.62. The molecule has 0 saturated carbocycles. The average molecular weight is 348 g/mol. The van der Waals surface area contributed by atoms with E-state index in [1.54, 1.807) is 6.07 Å². The van der Waals surface area contributed by atoms with Crippen molar-refractivity contribution in [2.75, 3.05) is 0 Å². The third-order valence-electron chi connectivity index (χ3n) is 4.62. The van der Waals surface area contributed by atoms with Crippen LogP contribution in [0.15, 0.2) is 48.5 Å². The van der Waals surface area contributed by atoms with Crippen molar-refractivity contribution in [2.45, 2.75) is 45.0 Å². The third kappa shape index (κ3) is 4.07. The zero-order chi connectivity index (χ0) is 18.2. The minimum atomic E-state index is -4.35. The first kappa shape index (κ1) is 18.0. The molecule has 0 radical (unpaired) electrons. The molecule has 1 atom stereocenters. The minimum absolute atomic E-state index is 0.0100. The zero-order valence-electron chi connectivity index (χ0n) is 14.4. The summed E-state index contributed by atoms with van der Waals surface area (Å²) in [6.07, 6.45) is -3.80. The monoisotopic (exact) mass is 348 g/mol. The zero-order valence-corrected chi connectivity index (χ0v) is 14.4. The van der Waals surface area contributed by atoms with Gasteiger partial charge in [-0.1, -0.05) is 36.4 Å². The van der Waals surface area contributed by atoms with Crippen molar-refractivity contribution >= 4 is 7.12 Å². The lowest BCUT2D eigenvalue weighted by molar-refractivity contribution is -0.137. The maximum Gasteiger partial charge on any atom is 0.462 e. The second-order valence-electron chi connectivity index (χ2n) is 6.91. The van der Waals surface area contributed by atoms with Crippen LogP contribution in [0.1, 0.15) is 31.9 Å². The summed E-state index contributed by atoms with van der Waals surface area (Å²) >= 11 is 0. The molecule has 3 rings (SSSR count). The summed E-state index contributed by atoms with van der Waals surface area (Å²) in [5, 5.41) is 0. The van der Waals surface area contributed by atoms with Crippen molar-refractivity contribution in [3.8, 4) is 11.1 Å². The Balaban J connectivity index is 1.81. The van der Waals surface area contributed by atoms with Gasteiger partial charge in [0.25, 0.3) is 0 Å². The van der Waals surface area contributed by atoms with Crippen LogP contribution in [0, 0.1) is 0 Å². The van der Waals surface area contributed by atoms with Crippen molar-refractivity contribution in [1.82, 2.24) is 0 Å². The van der Waals surface area contributed by atoms with E-state index in [0.717, 1.165) is 17.2 Å². The highest BCUT2D eigenvalue weighted by Gasteiger charge is 2.42. The fourth-order valence-corrected chi connectivity index (χ4v) is 2.89. The van der Waals surface area contributed by atoms with Crippen molar-refractivity contribution in [3.05, 3.63) is 59.7 Å². The topological polar surface area (TPSA) is 18.5 Å². The molecular formula is C19H20BF3O2. The molecule has 1 unspecified atom stereocenters. The second-order valence-corrected chi connectivity index (χ2v) is 6.91. The molecule has 1 aliphatic rings. The van der Waals surface area contributed by atoms with Gasteiger partial charge in [0.2, 0.25) is 0 Å². The van der Waals surface area contributed by atoms with E-state index in [4.69, 9.17) is 9.31 Å². The van der Waals surface area contributed by atoms with Crippen molar-refractivity contribution in [3.63, 3.8) is 0 Å². The Morgan fingerprint density at radius 1 is 1.04 bits per heavy atom. The van der Waals surface area contributed by atoms with Crippen LogP contribution in [0.5, 0.6) is 0 Å². The van der Waals surface area contributed by atoms with Gasteiger partial charge >= 0.3 is 13.3 Å². The van der Waals surface area contributed by atoms with E-state index < -0.39 is 11.7 Å². The van der Waals surface area contributed by atoms with Crippen molar-refractivity contribution in [2.24, 2.45) is 0 Å². The maximum absolute atomic E-state index is 12.9. The summed E-state index contributed by atoms with van der Waals surface area (Å²) < 4.78 is 50.5. The van der Waals surface area contributed by atoms with Gasteiger partial charge < -0.3 is 9.31 Å². The lowest BCUT2D eigenvalue weighted by Gasteiger charge is -2.21. The van der Waals surface area contributed by atoms with Gasteiger partial charge in [-0.2, -0.15) is 13.2 Å². The molecule has 2 nitrogen and oxygen atoms in total. The van der Waals surface area contributed by atoms with Crippen LogP contribution in [0.25, 0.3) is 11.1 Å². The highest BCUT2D eigenvalue weighted by atomic mass is 19.4. The Morgan fingerprint density at radius 2 is 1.68 bits per heavy atom. The molecule has 2 aromatic carbocycles. The first-order valence-electron chi connectivity index (χ1n) is 8.25. The average Bonchev–Trinajstić information content (AvgIpc) is 2.79. The molecule has 2 aromatic rings. The molecule has 1 heterocycles. The summed E-state index contributed by atoms with van der Waals surface area (Å²) in [6.45, 7) is 5.94. The number of hydrogen-bond acceptors (Lipinski definition) is 2. The van der Waals surface area contributed by atoms with Gasteiger partial charge in [0.15, 0.2) is 0 Å². The van der Waals surface area contributed by atoms with Crippen LogP contribution in [0.2, 0.25) is 0 Å². The lowest BCUT2D eigenvalue weighted by Crippen LogP contribution is -2.30. The molecule has 1 aliphatic heterocycles. The summed E-state index contributed by atoms with van der Waals surface area (Å²) in [6, 6.07) is 12.8. The van der Waals surface area contributed by atoms with Crippen LogP contribution in [0.4, 0.5) is 13.2 Å². The van der Waals surface area contributed by atoms with Gasteiger partial charge in [0, 0.05) is 6.32 Å². The number of rotatable bonds is 3. The molecule has 0 amide bonds. The number of halogens is 3. The predicted octanol–water partition coefficient (Wildman–Crippen LogP) is 5.16. The first-order valence-corrected chi connectivity index (χ1v) is 8.25. The van der Waals surface area contributed by atoms with Crippen LogP contribution < -0.4 is 0 Å². The Kier molecular flexibility index (Phi) is 4.69. The number of alkyl halides is 3. The van der Waals surface area contributed by atoms with E-state index in [0.29, 0.717) is 11.9 Å². The minimum Gasteiger partial charge on any atom is -0.405 e. The largest absolute Gasteiger partial charge is 0.462 e. The van der Waals surface area contributed by atoms with Gasteiger partial charge in [-0.15, -0.1) is 0 Å². The highest BCUT2D eigenvalue weighted by Crippen LogP contribution is 2.33. The molecule has 0 aromatic heterocycles. The maximum atomic E-state index is 12.9. The SMILES string of the molecule is CC1OB(Cc2cccc(-c3cccc(C(F)(F)F)c3)c2)OC1(C)C. The summed E-state index contributed by atoms with van der Waals surface area (Å²) in [5.74, 6) is 0. The Bertz CT molecular complexity index is 758. The Hall–Kier alpha value is -1.79. The highest BCUT2D eigenvalue weighted by molar-refractivity contribution is 6.44. The molecule has 0 bridgehead atoms. The number of hydrogen-bond donors (Lipinski definition) is 0. The van der Waals surface area contributed by atoms with Crippen LogP contribution >= 0.6 is 0 Å². The molecule has 1 fully saturated rings. The standard InChI is InChI=1S/C19H20BF3O2/c1-13-18(2,3)25-20(24-13)12-14-6-4-7-15(10-14)16-8-5-9-17(11-16)19(21,22)23/h4-11,13H,12H2,1-3H3. The molecule has 0 N–H and O–H groups in total. The summed E-state index contributed by atoms with van der Waals surface area (Å²) in [7, 11) is -0.346. The Morgan fingerprint density at radius 3 is 2.28 bits per heavy atom. The van der Waals surface area contributed by atoms with Gasteiger partial charge in [0.05, 0.1) is 17.3 Å². The lowest BCUT2D eigenvalue weighted by atomic mass is 9.80. The second kappa shape index (κ2) is 6.50. The fraction of sp³-hybridized carbons (Fsp3) is 0.368. The summed E-state index contributed by atoms with van der Waals surface area (Å²) in [5.41, 5.74) is 1.26. The molecule has 1 saturated heterocycles. The van der Waals surface area contributed by atoms with E-state index >= 15 is 0 Å². The summed E-state index contributed by atoms with van der Waals surface area (Å²) in [4.78, 5) is 0. The van der Waals surface area contributed by atoms with Gasteiger partial charge in [-0.3, -0.25) is 0 Å². The van der Waals surface area contributed by atoms with Gasteiger partial charge in [-0.05, 0) is 49.6 Å². The molecule has 0 spiro atoms. The molecular weight excluding hydrogens is 328 g/mol. The molecule has 0 aliphatic carbocycles. The van der Waals surface area contributed by atoms with Crippen molar-refractivity contribution in [1.29, 1.82) is 0 Å². The fourth-order valence-electron chi connectivity index (χ4n) is 2.89. The molecule has 6 heteroatoms. The van der Waals surface area contributed by atoms with E-state index in [-0.39, 0.29) is 18.8 Å². The normalized spacial score (nSPS) is 20.1. The molecule has 132 valence electrons. The molecule has 25 heavy (non-hydrogen) atoms. The van der Waals surface area contributed by atoms with Crippen molar-refractivity contribution < 1.29 is 22.5 Å². The Labute approximate surface area is 146 Å². The predicted molar refractivity (Wildman–Crippen MR) is 92.0 cm³/mol. The van der Waals surface area contributed by atoms with Gasteiger partial charge in [-0.25, -0.2) is 0 Å². The smallest absolute Gasteiger partial charge is 0.405 e. The van der Waals surface area contributed by atoms with E-state index in [9.17, 15) is 13.2 Å². The quantitative estimate of drug-likeness (QED) is 0.714.